The molecule has 2 N–H and O–H groups in total. The molecule has 4 rings (SSSR count). The average Bonchev–Trinajstić information content (AvgIpc) is 3.17. The summed E-state index contributed by atoms with van der Waals surface area (Å²) in [5.74, 6) is -1.22. The average molecular weight is 434 g/mol. The lowest BCUT2D eigenvalue weighted by Crippen LogP contribution is -2.27. The maximum atomic E-state index is 13.0. The quantitative estimate of drug-likeness (QED) is 0.451. The Morgan fingerprint density at radius 2 is 1.77 bits per heavy atom. The number of carboxylic acid groups (broad SMARTS) is 1. The van der Waals surface area contributed by atoms with Crippen molar-refractivity contribution in [3.8, 4) is 0 Å². The summed E-state index contributed by atoms with van der Waals surface area (Å²) >= 11 is 5.95. The standard InChI is InChI=1S/C24H20ClN3O3/c1-15(17-7-9-18(10-8-17)24(30)31)26-23(29)21-4-2-3-19-14-28(27-22(19)21)13-16-5-11-20(25)12-6-16/h2-12,14-15H,13H2,1H3,(H,26,29)(H,30,31)/t15-/m0/s1. The minimum absolute atomic E-state index is 0.207. The topological polar surface area (TPSA) is 84.2 Å². The fourth-order valence-electron chi connectivity index (χ4n) is 3.41. The molecule has 0 spiro atoms. The number of carboxylic acids is 1. The number of nitrogens with zero attached hydrogens (tertiary/aromatic N) is 2. The van der Waals surface area contributed by atoms with Crippen LogP contribution >= 0.6 is 11.6 Å². The third kappa shape index (κ3) is 4.59. The summed E-state index contributed by atoms with van der Waals surface area (Å²) in [5.41, 5.74) is 3.20. The molecule has 156 valence electrons. The van der Waals surface area contributed by atoms with Crippen LogP contribution in [0.1, 0.15) is 44.8 Å². The second-order valence-corrected chi connectivity index (χ2v) is 7.76. The van der Waals surface area contributed by atoms with Crippen LogP contribution in [-0.2, 0) is 6.54 Å². The van der Waals surface area contributed by atoms with Gasteiger partial charge in [-0.2, -0.15) is 5.10 Å². The summed E-state index contributed by atoms with van der Waals surface area (Å²) in [6.07, 6.45) is 1.91. The highest BCUT2D eigenvalue weighted by atomic mass is 35.5. The fraction of sp³-hybridized carbons (Fsp3) is 0.125. The van der Waals surface area contributed by atoms with Crippen LogP contribution in [0, 0.1) is 0 Å². The van der Waals surface area contributed by atoms with Crippen molar-refractivity contribution in [1.29, 1.82) is 0 Å². The first-order valence-corrected chi connectivity index (χ1v) is 10.1. The van der Waals surface area contributed by atoms with E-state index in [1.165, 1.54) is 12.1 Å². The third-order valence-electron chi connectivity index (χ3n) is 5.09. The van der Waals surface area contributed by atoms with Crippen LogP contribution in [0.2, 0.25) is 5.02 Å². The Balaban J connectivity index is 1.54. The van der Waals surface area contributed by atoms with Crippen molar-refractivity contribution in [2.75, 3.05) is 0 Å². The monoisotopic (exact) mass is 433 g/mol. The van der Waals surface area contributed by atoms with Gasteiger partial charge in [-0.05, 0) is 48.4 Å². The lowest BCUT2D eigenvalue weighted by Gasteiger charge is -2.15. The van der Waals surface area contributed by atoms with Crippen LogP contribution in [0.4, 0.5) is 0 Å². The summed E-state index contributed by atoms with van der Waals surface area (Å²) in [7, 11) is 0. The molecular formula is C24H20ClN3O3. The van der Waals surface area contributed by atoms with Crippen molar-refractivity contribution in [2.45, 2.75) is 19.5 Å². The number of benzene rings is 3. The molecule has 0 aliphatic heterocycles. The smallest absolute Gasteiger partial charge is 0.335 e. The van der Waals surface area contributed by atoms with Crippen LogP contribution in [0.15, 0.2) is 72.9 Å². The third-order valence-corrected chi connectivity index (χ3v) is 5.34. The van der Waals surface area contributed by atoms with Gasteiger partial charge in [-0.1, -0.05) is 48.0 Å². The number of carbonyl (C=O) groups is 2. The van der Waals surface area contributed by atoms with E-state index < -0.39 is 5.97 Å². The van der Waals surface area contributed by atoms with E-state index in [-0.39, 0.29) is 17.5 Å². The predicted molar refractivity (Wildman–Crippen MR) is 120 cm³/mol. The number of rotatable bonds is 6. The molecule has 0 unspecified atom stereocenters. The Kier molecular flexibility index (Phi) is 5.73. The number of nitrogens with one attached hydrogen (secondary N) is 1. The molecule has 0 saturated heterocycles. The molecule has 3 aromatic carbocycles. The van der Waals surface area contributed by atoms with E-state index in [9.17, 15) is 9.59 Å². The highest BCUT2D eigenvalue weighted by Crippen LogP contribution is 2.20. The molecular weight excluding hydrogens is 414 g/mol. The molecule has 0 radical (unpaired) electrons. The molecule has 0 fully saturated rings. The maximum absolute atomic E-state index is 13.0. The molecule has 0 saturated carbocycles. The molecule has 0 aliphatic rings. The first kappa shape index (κ1) is 20.6. The van der Waals surface area contributed by atoms with Crippen molar-refractivity contribution in [1.82, 2.24) is 15.1 Å². The Morgan fingerprint density at radius 1 is 1.06 bits per heavy atom. The SMILES string of the molecule is C[C@H](NC(=O)c1cccc2cn(Cc3ccc(Cl)cc3)nc12)c1ccc(C(=O)O)cc1. The molecule has 31 heavy (non-hydrogen) atoms. The van der Waals surface area contributed by atoms with Crippen molar-refractivity contribution in [3.05, 3.63) is 100 Å². The summed E-state index contributed by atoms with van der Waals surface area (Å²) in [6, 6.07) is 19.2. The highest BCUT2D eigenvalue weighted by Gasteiger charge is 2.16. The zero-order chi connectivity index (χ0) is 22.0. The lowest BCUT2D eigenvalue weighted by atomic mass is 10.1. The number of hydrogen-bond acceptors (Lipinski definition) is 3. The van der Waals surface area contributed by atoms with Gasteiger partial charge >= 0.3 is 5.97 Å². The van der Waals surface area contributed by atoms with Crippen molar-refractivity contribution < 1.29 is 14.7 Å². The Morgan fingerprint density at radius 3 is 2.45 bits per heavy atom. The maximum Gasteiger partial charge on any atom is 0.335 e. The van der Waals surface area contributed by atoms with Gasteiger partial charge in [0.15, 0.2) is 0 Å². The van der Waals surface area contributed by atoms with E-state index >= 15 is 0 Å². The van der Waals surface area contributed by atoms with Crippen LogP contribution in [0.5, 0.6) is 0 Å². The van der Waals surface area contributed by atoms with Crippen LogP contribution in [0.3, 0.4) is 0 Å². The molecule has 1 atom stereocenters. The minimum Gasteiger partial charge on any atom is -0.478 e. The van der Waals surface area contributed by atoms with Gasteiger partial charge in [0, 0.05) is 16.6 Å². The van der Waals surface area contributed by atoms with Gasteiger partial charge in [0.1, 0.15) is 5.52 Å². The highest BCUT2D eigenvalue weighted by molar-refractivity contribution is 6.30. The van der Waals surface area contributed by atoms with Crippen molar-refractivity contribution >= 4 is 34.4 Å². The fourth-order valence-corrected chi connectivity index (χ4v) is 3.53. The van der Waals surface area contributed by atoms with Gasteiger partial charge in [-0.15, -0.1) is 0 Å². The van der Waals surface area contributed by atoms with Crippen LogP contribution in [-0.4, -0.2) is 26.8 Å². The number of halogens is 1. The molecule has 4 aromatic rings. The second-order valence-electron chi connectivity index (χ2n) is 7.32. The predicted octanol–water partition coefficient (Wildman–Crippen LogP) is 4.93. The molecule has 0 aliphatic carbocycles. The molecule has 7 heteroatoms. The van der Waals surface area contributed by atoms with E-state index in [2.05, 4.69) is 10.4 Å². The van der Waals surface area contributed by atoms with E-state index in [1.54, 1.807) is 22.9 Å². The Bertz CT molecular complexity index is 1250. The molecule has 1 heterocycles. The number of aromatic carboxylic acids is 1. The summed E-state index contributed by atoms with van der Waals surface area (Å²) in [6.45, 7) is 2.42. The second kappa shape index (κ2) is 8.62. The Hall–Kier alpha value is -3.64. The van der Waals surface area contributed by atoms with Gasteiger partial charge in [-0.25, -0.2) is 4.79 Å². The van der Waals surface area contributed by atoms with Crippen molar-refractivity contribution in [3.63, 3.8) is 0 Å². The zero-order valence-corrected chi connectivity index (χ0v) is 17.5. The first-order chi connectivity index (χ1) is 14.9. The van der Waals surface area contributed by atoms with Gasteiger partial charge < -0.3 is 10.4 Å². The summed E-state index contributed by atoms with van der Waals surface area (Å²) in [5, 5.41) is 18.2. The molecule has 0 bridgehead atoms. The van der Waals surface area contributed by atoms with E-state index in [4.69, 9.17) is 16.7 Å². The zero-order valence-electron chi connectivity index (χ0n) is 16.7. The van der Waals surface area contributed by atoms with Crippen molar-refractivity contribution in [2.24, 2.45) is 0 Å². The largest absolute Gasteiger partial charge is 0.478 e. The minimum atomic E-state index is -0.982. The van der Waals surface area contributed by atoms with Gasteiger partial charge in [0.05, 0.1) is 23.7 Å². The first-order valence-electron chi connectivity index (χ1n) is 9.75. The van der Waals surface area contributed by atoms with Gasteiger partial charge in [0.25, 0.3) is 5.91 Å². The van der Waals surface area contributed by atoms with Crippen LogP contribution in [0.25, 0.3) is 10.9 Å². The number of fused-ring (bicyclic) bond motifs is 1. The Labute approximate surface area is 184 Å². The normalized spacial score (nSPS) is 11.9. The van der Waals surface area contributed by atoms with E-state index in [0.717, 1.165) is 16.5 Å². The lowest BCUT2D eigenvalue weighted by molar-refractivity contribution is 0.0696. The van der Waals surface area contributed by atoms with Gasteiger partial charge in [0.2, 0.25) is 0 Å². The number of amides is 1. The molecule has 1 aromatic heterocycles. The van der Waals surface area contributed by atoms with Gasteiger partial charge in [-0.3, -0.25) is 9.48 Å². The molecule has 1 amide bonds. The van der Waals surface area contributed by atoms with E-state index in [1.807, 2.05) is 49.5 Å². The summed E-state index contributed by atoms with van der Waals surface area (Å²) < 4.78 is 1.80. The summed E-state index contributed by atoms with van der Waals surface area (Å²) in [4.78, 5) is 24.0. The number of aromatic nitrogens is 2. The molecule has 6 nitrogen and oxygen atoms in total. The number of hydrogen-bond donors (Lipinski definition) is 2. The number of carbonyl (C=O) groups excluding carboxylic acids is 1. The van der Waals surface area contributed by atoms with E-state index in [0.29, 0.717) is 22.6 Å². The van der Waals surface area contributed by atoms with Crippen LogP contribution < -0.4 is 5.32 Å².